The van der Waals surface area contributed by atoms with E-state index in [0.29, 0.717) is 18.7 Å². The molecule has 1 aromatic carbocycles. The second kappa shape index (κ2) is 12.0. The van der Waals surface area contributed by atoms with Gasteiger partial charge in [-0.3, -0.25) is 9.69 Å². The van der Waals surface area contributed by atoms with E-state index in [-0.39, 0.29) is 23.5 Å². The summed E-state index contributed by atoms with van der Waals surface area (Å²) >= 11 is 4.67. The number of amides is 1. The SMILES string of the molecule is CCc1cc(N2C(S)N(c3cnc(C#N)c(C(F)(F)F)c3)C(=O)C2(C)C)ccc1OCCC1(C)CCNCC1.Cl. The van der Waals surface area contributed by atoms with Crippen molar-refractivity contribution in [3.05, 3.63) is 47.3 Å². The van der Waals surface area contributed by atoms with Gasteiger partial charge < -0.3 is 15.0 Å². The minimum Gasteiger partial charge on any atom is -0.493 e. The Labute approximate surface area is 244 Å². The van der Waals surface area contributed by atoms with Crippen molar-refractivity contribution in [3.63, 3.8) is 0 Å². The Morgan fingerprint density at radius 3 is 2.48 bits per heavy atom. The van der Waals surface area contributed by atoms with E-state index in [1.165, 1.54) is 11.0 Å². The van der Waals surface area contributed by atoms with Crippen molar-refractivity contribution in [2.45, 2.75) is 70.6 Å². The van der Waals surface area contributed by atoms with Gasteiger partial charge in [0.1, 0.15) is 17.4 Å². The Hall–Kier alpha value is -2.68. The number of aromatic nitrogens is 1. The number of aryl methyl sites for hydroxylation is 1. The van der Waals surface area contributed by atoms with Crippen LogP contribution in [-0.2, 0) is 17.4 Å². The Morgan fingerprint density at radius 1 is 1.20 bits per heavy atom. The number of anilines is 2. The summed E-state index contributed by atoms with van der Waals surface area (Å²) in [6, 6.07) is 7.93. The number of nitrogens with zero attached hydrogens (tertiary/aromatic N) is 4. The molecular formula is C28H35ClF3N5O2S. The van der Waals surface area contributed by atoms with Crippen LogP contribution in [0.15, 0.2) is 30.5 Å². The molecule has 3 heterocycles. The lowest BCUT2D eigenvalue weighted by Crippen LogP contribution is -2.45. The third kappa shape index (κ3) is 6.14. The highest BCUT2D eigenvalue weighted by Gasteiger charge is 2.52. The van der Waals surface area contributed by atoms with Crippen LogP contribution in [-0.4, -0.2) is 41.6 Å². The Balaban J connectivity index is 0.00000441. The van der Waals surface area contributed by atoms with Crippen molar-refractivity contribution in [2.24, 2.45) is 5.41 Å². The quantitative estimate of drug-likeness (QED) is 0.383. The van der Waals surface area contributed by atoms with Crippen molar-refractivity contribution in [3.8, 4) is 11.8 Å². The number of pyridine rings is 1. The van der Waals surface area contributed by atoms with E-state index in [0.717, 1.165) is 55.9 Å². The number of hydrogen-bond donors (Lipinski definition) is 2. The summed E-state index contributed by atoms with van der Waals surface area (Å²) in [6.07, 6.45) is 0.197. The molecule has 2 fully saturated rings. The number of rotatable bonds is 7. The van der Waals surface area contributed by atoms with Gasteiger partial charge in [-0.25, -0.2) is 4.98 Å². The van der Waals surface area contributed by atoms with Crippen LogP contribution in [0.1, 0.15) is 63.8 Å². The second-order valence-corrected chi connectivity index (χ2v) is 11.4. The van der Waals surface area contributed by atoms with Gasteiger partial charge in [0.2, 0.25) is 0 Å². The van der Waals surface area contributed by atoms with Crippen molar-refractivity contribution >= 4 is 42.3 Å². The van der Waals surface area contributed by atoms with E-state index in [1.807, 2.05) is 25.1 Å². The minimum absolute atomic E-state index is 0. The molecule has 40 heavy (non-hydrogen) atoms. The molecule has 0 bridgehead atoms. The van der Waals surface area contributed by atoms with Gasteiger partial charge in [-0.1, -0.05) is 13.8 Å². The average Bonchev–Trinajstić information content (AvgIpc) is 3.06. The predicted molar refractivity (Wildman–Crippen MR) is 154 cm³/mol. The van der Waals surface area contributed by atoms with E-state index >= 15 is 0 Å². The van der Waals surface area contributed by atoms with Crippen LogP contribution >= 0.6 is 25.0 Å². The van der Waals surface area contributed by atoms with Crippen LogP contribution in [0.25, 0.3) is 0 Å². The third-order valence-corrected chi connectivity index (χ3v) is 8.31. The van der Waals surface area contributed by atoms with Crippen LogP contribution in [0.4, 0.5) is 24.5 Å². The summed E-state index contributed by atoms with van der Waals surface area (Å²) in [5, 5.41) is 12.5. The highest BCUT2D eigenvalue weighted by atomic mass is 35.5. The molecule has 0 saturated carbocycles. The van der Waals surface area contributed by atoms with Crippen molar-refractivity contribution in [1.29, 1.82) is 5.26 Å². The maximum atomic E-state index is 13.6. The van der Waals surface area contributed by atoms with Gasteiger partial charge in [-0.05, 0) is 87.9 Å². The number of nitrogens with one attached hydrogen (secondary N) is 1. The number of thiol groups is 1. The van der Waals surface area contributed by atoms with Crippen molar-refractivity contribution in [2.75, 3.05) is 29.5 Å². The molecule has 4 rings (SSSR count). The molecule has 2 aliphatic rings. The number of hydrogen-bond acceptors (Lipinski definition) is 7. The van der Waals surface area contributed by atoms with Gasteiger partial charge in [-0.2, -0.15) is 18.4 Å². The maximum absolute atomic E-state index is 13.6. The zero-order valence-electron chi connectivity index (χ0n) is 23.0. The number of carbonyl (C=O) groups excluding carboxylic acids is 1. The van der Waals surface area contributed by atoms with E-state index in [2.05, 4.69) is 29.9 Å². The topological polar surface area (TPSA) is 81.5 Å². The van der Waals surface area contributed by atoms with Gasteiger partial charge in [-0.15, -0.1) is 25.0 Å². The van der Waals surface area contributed by atoms with Crippen LogP contribution in [0.5, 0.6) is 5.75 Å². The normalized spacial score (nSPS) is 20.2. The highest BCUT2D eigenvalue weighted by Crippen LogP contribution is 2.43. The maximum Gasteiger partial charge on any atom is 0.419 e. The monoisotopic (exact) mass is 597 g/mol. The van der Waals surface area contributed by atoms with Crippen molar-refractivity contribution < 1.29 is 22.7 Å². The molecule has 0 aliphatic carbocycles. The van der Waals surface area contributed by atoms with E-state index in [1.54, 1.807) is 18.7 Å². The number of alkyl halides is 3. The van der Waals surface area contributed by atoms with Gasteiger partial charge >= 0.3 is 6.18 Å². The lowest BCUT2D eigenvalue weighted by atomic mass is 9.78. The number of benzene rings is 1. The molecule has 0 radical (unpaired) electrons. The van der Waals surface area contributed by atoms with Gasteiger partial charge in [0.25, 0.3) is 5.91 Å². The fourth-order valence-electron chi connectivity index (χ4n) is 5.32. The Morgan fingerprint density at radius 2 is 1.88 bits per heavy atom. The molecular weight excluding hydrogens is 563 g/mol. The summed E-state index contributed by atoms with van der Waals surface area (Å²) in [4.78, 5) is 20.1. The van der Waals surface area contributed by atoms with E-state index in [4.69, 9.17) is 10.00 Å². The largest absolute Gasteiger partial charge is 0.493 e. The molecule has 7 nitrogen and oxygen atoms in total. The molecule has 1 amide bonds. The highest BCUT2D eigenvalue weighted by molar-refractivity contribution is 7.81. The lowest BCUT2D eigenvalue weighted by molar-refractivity contribution is -0.138. The minimum atomic E-state index is -4.80. The smallest absolute Gasteiger partial charge is 0.419 e. The molecule has 0 spiro atoms. The first-order chi connectivity index (χ1) is 18.3. The van der Waals surface area contributed by atoms with Gasteiger partial charge in [0.15, 0.2) is 11.2 Å². The van der Waals surface area contributed by atoms with Crippen molar-refractivity contribution in [1.82, 2.24) is 10.3 Å². The molecule has 1 aromatic heterocycles. The number of piperidine rings is 1. The fraction of sp³-hybridized carbons (Fsp3) is 0.536. The lowest BCUT2D eigenvalue weighted by Gasteiger charge is -2.34. The van der Waals surface area contributed by atoms with Crippen LogP contribution in [0, 0.1) is 16.7 Å². The predicted octanol–water partition coefficient (Wildman–Crippen LogP) is 5.96. The summed E-state index contributed by atoms with van der Waals surface area (Å²) in [7, 11) is 0. The first-order valence-electron chi connectivity index (χ1n) is 13.1. The zero-order chi connectivity index (χ0) is 28.6. The van der Waals surface area contributed by atoms with Gasteiger partial charge in [0.05, 0.1) is 24.1 Å². The summed E-state index contributed by atoms with van der Waals surface area (Å²) in [6.45, 7) is 10.4. The summed E-state index contributed by atoms with van der Waals surface area (Å²) in [5.74, 6) is 0.344. The summed E-state index contributed by atoms with van der Waals surface area (Å²) < 4.78 is 47.0. The first kappa shape index (κ1) is 31.8. The van der Waals surface area contributed by atoms with Crippen LogP contribution < -0.4 is 19.9 Å². The second-order valence-electron chi connectivity index (χ2n) is 11.0. The standard InChI is InChI=1S/C28H34F3N5O2S.ClH/c1-5-18-14-19(6-7-23(18)38-13-10-27(4)8-11-33-12-9-27)36-25(39)35(24(37)26(36,2)3)20-15-21(28(29,30)31)22(16-32)34-17-20;/h6-7,14-15,17,25,33,39H,5,8-13H2,1-4H3;1H. The third-order valence-electron chi connectivity index (χ3n) is 7.85. The molecule has 218 valence electrons. The van der Waals surface area contributed by atoms with Gasteiger partial charge in [0, 0.05) is 5.69 Å². The Kier molecular flexibility index (Phi) is 9.59. The summed E-state index contributed by atoms with van der Waals surface area (Å²) in [5.41, 5.74) is -2.12. The zero-order valence-corrected chi connectivity index (χ0v) is 24.7. The molecule has 2 aromatic rings. The molecule has 12 heteroatoms. The van der Waals surface area contributed by atoms with E-state index < -0.39 is 34.4 Å². The fourth-order valence-corrected chi connectivity index (χ4v) is 5.98. The number of nitriles is 1. The molecule has 1 N–H and O–H groups in total. The first-order valence-corrected chi connectivity index (χ1v) is 13.6. The van der Waals surface area contributed by atoms with E-state index in [9.17, 15) is 18.0 Å². The Bertz CT molecular complexity index is 1280. The number of carbonyl (C=O) groups is 1. The molecule has 2 aliphatic heterocycles. The number of halogens is 4. The van der Waals surface area contributed by atoms with Crippen LogP contribution in [0.2, 0.25) is 0 Å². The van der Waals surface area contributed by atoms with Crippen LogP contribution in [0.3, 0.4) is 0 Å². The molecule has 1 unspecified atom stereocenters. The molecule has 1 atom stereocenters. The average molecular weight is 598 g/mol. The number of ether oxygens (including phenoxy) is 1. The molecule has 2 saturated heterocycles.